The second-order valence-corrected chi connectivity index (χ2v) is 7.31. The second-order valence-electron chi connectivity index (χ2n) is 7.31. The lowest BCUT2D eigenvalue weighted by atomic mass is 10.1. The largest absolute Gasteiger partial charge is 0.345 e. The van der Waals surface area contributed by atoms with Crippen LogP contribution in [0.15, 0.2) is 48.8 Å². The van der Waals surface area contributed by atoms with Gasteiger partial charge in [0.2, 0.25) is 0 Å². The average molecular weight is 450 g/mol. The zero-order chi connectivity index (χ0) is 19.7. The highest BCUT2D eigenvalue weighted by Gasteiger charge is 2.32. The van der Waals surface area contributed by atoms with Crippen molar-refractivity contribution in [2.45, 2.75) is 19.4 Å². The number of aromatic nitrogens is 2. The Labute approximate surface area is 187 Å². The maximum Gasteiger partial charge on any atom is 0.255 e. The predicted molar refractivity (Wildman–Crippen MR) is 123 cm³/mol. The molecule has 2 unspecified atom stereocenters. The van der Waals surface area contributed by atoms with Crippen molar-refractivity contribution in [2.24, 2.45) is 11.7 Å². The van der Waals surface area contributed by atoms with Crippen LogP contribution in [0.1, 0.15) is 34.1 Å². The van der Waals surface area contributed by atoms with Crippen LogP contribution < -0.4 is 11.1 Å². The van der Waals surface area contributed by atoms with Crippen LogP contribution in [0.4, 0.5) is 5.69 Å². The number of aromatic amines is 1. The van der Waals surface area contributed by atoms with Gasteiger partial charge in [-0.05, 0) is 62.2 Å². The number of anilines is 1. The Balaban J connectivity index is 0.00000160. The van der Waals surface area contributed by atoms with Crippen molar-refractivity contribution in [1.82, 2.24) is 14.9 Å². The number of amides is 2. The molecule has 7 nitrogen and oxygen atoms in total. The van der Waals surface area contributed by atoms with Gasteiger partial charge in [0.1, 0.15) is 0 Å². The van der Waals surface area contributed by atoms with Crippen LogP contribution in [0.5, 0.6) is 0 Å². The zero-order valence-electron chi connectivity index (χ0n) is 16.5. The lowest BCUT2D eigenvalue weighted by molar-refractivity contribution is 0.0743. The van der Waals surface area contributed by atoms with E-state index in [1.54, 1.807) is 48.8 Å². The Morgan fingerprint density at radius 2 is 2.00 bits per heavy atom. The maximum atomic E-state index is 12.9. The number of rotatable bonds is 4. The van der Waals surface area contributed by atoms with Gasteiger partial charge in [-0.2, -0.15) is 0 Å². The third-order valence-electron chi connectivity index (χ3n) is 5.31. The first-order valence-electron chi connectivity index (χ1n) is 9.40. The number of carbonyl (C=O) groups excluding carboxylic acids is 2. The molecule has 1 fully saturated rings. The molecule has 1 aliphatic heterocycles. The van der Waals surface area contributed by atoms with Gasteiger partial charge in [-0.25, -0.2) is 4.98 Å². The molecule has 4 rings (SSSR count). The lowest BCUT2D eigenvalue weighted by Crippen LogP contribution is -2.34. The molecule has 4 N–H and O–H groups in total. The van der Waals surface area contributed by atoms with E-state index in [1.165, 1.54) is 0 Å². The monoisotopic (exact) mass is 449 g/mol. The van der Waals surface area contributed by atoms with E-state index in [-0.39, 0.29) is 42.7 Å². The fraction of sp³-hybridized carbons (Fsp3) is 0.286. The number of likely N-dealkylation sites (tertiary alicyclic amines) is 1. The van der Waals surface area contributed by atoms with Crippen molar-refractivity contribution in [1.29, 1.82) is 0 Å². The molecule has 1 aromatic heterocycles. The first-order valence-corrected chi connectivity index (χ1v) is 9.40. The van der Waals surface area contributed by atoms with E-state index in [2.05, 4.69) is 15.3 Å². The molecule has 2 heterocycles. The van der Waals surface area contributed by atoms with Crippen molar-refractivity contribution in [3.05, 3.63) is 59.9 Å². The summed E-state index contributed by atoms with van der Waals surface area (Å²) in [7, 11) is 0. The third-order valence-corrected chi connectivity index (χ3v) is 5.31. The molecule has 0 bridgehead atoms. The molecule has 3 aromatic rings. The Kier molecular flexibility index (Phi) is 7.83. The number of H-pyrrole nitrogens is 1. The number of fused-ring (bicyclic) bond motifs is 1. The molecule has 2 amide bonds. The molecular formula is C21H25Cl2N5O2. The molecule has 0 spiro atoms. The summed E-state index contributed by atoms with van der Waals surface area (Å²) in [4.78, 5) is 34.5. The van der Waals surface area contributed by atoms with Crippen molar-refractivity contribution in [3.63, 3.8) is 0 Å². The number of carbonyl (C=O) groups is 2. The fourth-order valence-electron chi connectivity index (χ4n) is 3.77. The van der Waals surface area contributed by atoms with Crippen molar-refractivity contribution in [3.8, 4) is 0 Å². The topological polar surface area (TPSA) is 104 Å². The number of nitrogens with zero attached hydrogens (tertiary/aromatic N) is 2. The lowest BCUT2D eigenvalue weighted by Gasteiger charge is -2.22. The molecule has 160 valence electrons. The summed E-state index contributed by atoms with van der Waals surface area (Å²) in [5.41, 5.74) is 9.04. The number of nitrogens with two attached hydrogens (primary N) is 1. The van der Waals surface area contributed by atoms with Crippen LogP contribution in [0.3, 0.4) is 0 Å². The fourth-order valence-corrected chi connectivity index (χ4v) is 3.77. The Hall–Kier alpha value is -2.61. The molecular weight excluding hydrogens is 425 g/mol. The Morgan fingerprint density at radius 3 is 2.73 bits per heavy atom. The Morgan fingerprint density at radius 1 is 1.20 bits per heavy atom. The highest BCUT2D eigenvalue weighted by Crippen LogP contribution is 2.25. The summed E-state index contributed by atoms with van der Waals surface area (Å²) in [5.74, 6) is 0.0801. The van der Waals surface area contributed by atoms with Gasteiger partial charge < -0.3 is 20.9 Å². The third kappa shape index (κ3) is 4.75. The maximum absolute atomic E-state index is 12.9. The SMILES string of the molecule is CC1CC(CN)CN1C(=O)c1cccc(NC(=O)c2ccc3nc[nH]c3c2)c1.Cl.Cl. The summed E-state index contributed by atoms with van der Waals surface area (Å²) in [6.45, 7) is 3.31. The molecule has 0 radical (unpaired) electrons. The number of hydrogen-bond donors (Lipinski definition) is 3. The van der Waals surface area contributed by atoms with Crippen LogP contribution in [0.2, 0.25) is 0 Å². The van der Waals surface area contributed by atoms with E-state index in [0.717, 1.165) is 17.5 Å². The number of halogens is 2. The number of imidazole rings is 1. The van der Waals surface area contributed by atoms with Crippen LogP contribution >= 0.6 is 24.8 Å². The van der Waals surface area contributed by atoms with E-state index < -0.39 is 0 Å². The van der Waals surface area contributed by atoms with Gasteiger partial charge in [0.15, 0.2) is 0 Å². The number of hydrogen-bond acceptors (Lipinski definition) is 4. The van der Waals surface area contributed by atoms with Gasteiger partial charge in [0.25, 0.3) is 11.8 Å². The minimum absolute atomic E-state index is 0. The van der Waals surface area contributed by atoms with E-state index in [9.17, 15) is 9.59 Å². The van der Waals surface area contributed by atoms with Gasteiger partial charge in [0, 0.05) is 29.4 Å². The van der Waals surface area contributed by atoms with Crippen LogP contribution in [-0.4, -0.2) is 45.8 Å². The van der Waals surface area contributed by atoms with E-state index in [0.29, 0.717) is 35.8 Å². The molecule has 30 heavy (non-hydrogen) atoms. The number of nitrogens with one attached hydrogen (secondary N) is 2. The quantitative estimate of drug-likeness (QED) is 0.566. The standard InChI is InChI=1S/C21H23N5O2.2ClH/c1-13-7-14(10-22)11-26(13)21(28)16-3-2-4-17(8-16)25-20(27)15-5-6-18-19(9-15)24-12-23-18;;/h2-6,8-9,12-14H,7,10-11,22H2,1H3,(H,23,24)(H,25,27);2*1H. The van der Waals surface area contributed by atoms with Crippen molar-refractivity contribution in [2.75, 3.05) is 18.4 Å². The summed E-state index contributed by atoms with van der Waals surface area (Å²) in [6, 6.07) is 12.5. The minimum Gasteiger partial charge on any atom is -0.345 e. The smallest absolute Gasteiger partial charge is 0.255 e. The minimum atomic E-state index is -0.237. The van der Waals surface area contributed by atoms with Crippen LogP contribution in [0.25, 0.3) is 11.0 Å². The molecule has 1 saturated heterocycles. The van der Waals surface area contributed by atoms with Gasteiger partial charge in [0.05, 0.1) is 17.4 Å². The molecule has 0 saturated carbocycles. The second kappa shape index (κ2) is 9.93. The zero-order valence-corrected chi connectivity index (χ0v) is 18.1. The first kappa shape index (κ1) is 23.7. The van der Waals surface area contributed by atoms with Gasteiger partial charge in [-0.3, -0.25) is 9.59 Å². The highest BCUT2D eigenvalue weighted by molar-refractivity contribution is 6.06. The molecule has 2 atom stereocenters. The summed E-state index contributed by atoms with van der Waals surface area (Å²) in [5, 5.41) is 2.87. The summed E-state index contributed by atoms with van der Waals surface area (Å²) >= 11 is 0. The van der Waals surface area contributed by atoms with Gasteiger partial charge in [-0.1, -0.05) is 6.07 Å². The normalized spacial score (nSPS) is 17.9. The van der Waals surface area contributed by atoms with E-state index in [1.807, 2.05) is 11.8 Å². The van der Waals surface area contributed by atoms with Crippen molar-refractivity contribution >= 4 is 53.3 Å². The molecule has 0 aliphatic carbocycles. The highest BCUT2D eigenvalue weighted by atomic mass is 35.5. The Bertz CT molecular complexity index is 1040. The van der Waals surface area contributed by atoms with Gasteiger partial charge >= 0.3 is 0 Å². The predicted octanol–water partition coefficient (Wildman–Crippen LogP) is 3.47. The van der Waals surface area contributed by atoms with Crippen LogP contribution in [-0.2, 0) is 0 Å². The van der Waals surface area contributed by atoms with E-state index >= 15 is 0 Å². The molecule has 2 aromatic carbocycles. The van der Waals surface area contributed by atoms with Crippen LogP contribution in [0, 0.1) is 5.92 Å². The number of benzene rings is 2. The van der Waals surface area contributed by atoms with Gasteiger partial charge in [-0.15, -0.1) is 24.8 Å². The first-order chi connectivity index (χ1) is 13.5. The molecule has 9 heteroatoms. The molecule has 1 aliphatic rings. The summed E-state index contributed by atoms with van der Waals surface area (Å²) < 4.78 is 0. The van der Waals surface area contributed by atoms with Crippen molar-refractivity contribution < 1.29 is 9.59 Å². The van der Waals surface area contributed by atoms with E-state index in [4.69, 9.17) is 5.73 Å². The summed E-state index contributed by atoms with van der Waals surface area (Å²) in [6.07, 6.45) is 2.52. The average Bonchev–Trinajstić information content (AvgIpc) is 3.33.